The summed E-state index contributed by atoms with van der Waals surface area (Å²) in [6, 6.07) is 16.8. The molecule has 28 heavy (non-hydrogen) atoms. The van der Waals surface area contributed by atoms with E-state index in [1.807, 2.05) is 18.2 Å². The van der Waals surface area contributed by atoms with Gasteiger partial charge in [-0.15, -0.1) is 0 Å². The summed E-state index contributed by atoms with van der Waals surface area (Å²) < 4.78 is 27.0. The van der Waals surface area contributed by atoms with E-state index >= 15 is 0 Å². The van der Waals surface area contributed by atoms with Gasteiger partial charge in [0.2, 0.25) is 15.9 Å². The fraction of sp³-hybridized carbons (Fsp3) is 0.409. The smallest absolute Gasteiger partial charge is 0.243 e. The van der Waals surface area contributed by atoms with E-state index in [9.17, 15) is 13.2 Å². The topological polar surface area (TPSA) is 66.5 Å². The highest BCUT2D eigenvalue weighted by Crippen LogP contribution is 2.44. The first-order valence-corrected chi connectivity index (χ1v) is 11.4. The van der Waals surface area contributed by atoms with Crippen molar-refractivity contribution in [2.45, 2.75) is 42.9 Å². The second-order valence-corrected chi connectivity index (χ2v) is 9.68. The van der Waals surface area contributed by atoms with E-state index in [0.717, 1.165) is 25.7 Å². The minimum atomic E-state index is -3.48. The van der Waals surface area contributed by atoms with Crippen LogP contribution in [0.1, 0.15) is 43.6 Å². The van der Waals surface area contributed by atoms with Crippen molar-refractivity contribution in [3.05, 3.63) is 60.2 Å². The average molecular weight is 399 g/mol. The van der Waals surface area contributed by atoms with Crippen molar-refractivity contribution < 1.29 is 13.2 Å². The van der Waals surface area contributed by atoms with Crippen LogP contribution >= 0.6 is 0 Å². The first kappa shape index (κ1) is 19.2. The summed E-state index contributed by atoms with van der Waals surface area (Å²) in [7, 11) is -3.48. The molecule has 2 aliphatic rings. The van der Waals surface area contributed by atoms with E-state index in [-0.39, 0.29) is 16.7 Å². The molecule has 1 saturated carbocycles. The Kier molecular flexibility index (Phi) is 5.51. The van der Waals surface area contributed by atoms with Crippen molar-refractivity contribution in [3.8, 4) is 0 Å². The van der Waals surface area contributed by atoms with E-state index in [0.29, 0.717) is 31.1 Å². The first-order valence-electron chi connectivity index (χ1n) is 9.99. The molecular formula is C22H26N2O3S. The Labute approximate surface area is 166 Å². The molecule has 1 aliphatic heterocycles. The third-order valence-electron chi connectivity index (χ3n) is 5.64. The van der Waals surface area contributed by atoms with Gasteiger partial charge in [-0.3, -0.25) is 4.79 Å². The van der Waals surface area contributed by atoms with Gasteiger partial charge in [-0.2, -0.15) is 4.31 Å². The molecule has 1 amide bonds. The molecule has 6 heteroatoms. The van der Waals surface area contributed by atoms with Gasteiger partial charge in [0.05, 0.1) is 4.90 Å². The first-order chi connectivity index (χ1) is 13.5. The highest BCUT2D eigenvalue weighted by molar-refractivity contribution is 7.89. The summed E-state index contributed by atoms with van der Waals surface area (Å²) in [6.07, 6.45) is 4.54. The number of rotatable bonds is 7. The summed E-state index contributed by atoms with van der Waals surface area (Å²) in [5.41, 5.74) is 1.73. The monoisotopic (exact) mass is 398 g/mol. The molecule has 4 rings (SSSR count). The molecule has 2 aromatic rings. The zero-order valence-corrected chi connectivity index (χ0v) is 16.7. The molecule has 1 saturated heterocycles. The largest absolute Gasteiger partial charge is 0.326 e. The van der Waals surface area contributed by atoms with Crippen molar-refractivity contribution >= 4 is 21.6 Å². The minimum absolute atomic E-state index is 0.0727. The molecule has 0 spiro atoms. The van der Waals surface area contributed by atoms with E-state index in [4.69, 9.17) is 0 Å². The van der Waals surface area contributed by atoms with Crippen LogP contribution in [0.5, 0.6) is 0 Å². The normalized spacial score (nSPS) is 18.7. The van der Waals surface area contributed by atoms with E-state index in [1.165, 1.54) is 9.87 Å². The number of nitrogens with one attached hydrogen (secondary N) is 1. The van der Waals surface area contributed by atoms with E-state index in [2.05, 4.69) is 17.4 Å². The van der Waals surface area contributed by atoms with Crippen LogP contribution in [-0.2, 0) is 14.8 Å². The lowest BCUT2D eigenvalue weighted by atomic mass is 9.91. The predicted molar refractivity (Wildman–Crippen MR) is 110 cm³/mol. The lowest BCUT2D eigenvalue weighted by Crippen LogP contribution is -2.28. The molecule has 1 heterocycles. The predicted octanol–water partition coefficient (Wildman–Crippen LogP) is 3.99. The molecule has 1 atom stereocenters. The molecular weight excluding hydrogens is 372 g/mol. The molecule has 0 bridgehead atoms. The number of amides is 1. The van der Waals surface area contributed by atoms with Crippen LogP contribution in [0.25, 0.3) is 0 Å². The van der Waals surface area contributed by atoms with E-state index in [1.54, 1.807) is 24.3 Å². The summed E-state index contributed by atoms with van der Waals surface area (Å²) in [5, 5.41) is 2.91. The highest BCUT2D eigenvalue weighted by atomic mass is 32.2. The fourth-order valence-corrected chi connectivity index (χ4v) is 5.54. The second kappa shape index (κ2) is 8.05. The van der Waals surface area contributed by atoms with Crippen LogP contribution in [0.15, 0.2) is 59.5 Å². The minimum Gasteiger partial charge on any atom is -0.326 e. The fourth-order valence-electron chi connectivity index (χ4n) is 3.98. The number of benzene rings is 2. The SMILES string of the molecule is O=C(CC(c1ccccc1)C1CC1)Nc1cccc(S(=O)(=O)N2CCCC2)c1. The number of carbonyl (C=O) groups is 1. The Morgan fingerprint density at radius 3 is 2.43 bits per heavy atom. The number of hydrogen-bond donors (Lipinski definition) is 1. The number of carbonyl (C=O) groups excluding carboxylic acids is 1. The summed E-state index contributed by atoms with van der Waals surface area (Å²) in [4.78, 5) is 12.9. The number of hydrogen-bond acceptors (Lipinski definition) is 3. The van der Waals surface area contributed by atoms with Crippen molar-refractivity contribution in [2.24, 2.45) is 5.92 Å². The maximum Gasteiger partial charge on any atom is 0.243 e. The molecule has 2 fully saturated rings. The van der Waals surface area contributed by atoms with Gasteiger partial charge in [0.25, 0.3) is 0 Å². The summed E-state index contributed by atoms with van der Waals surface area (Å²) >= 11 is 0. The van der Waals surface area contributed by atoms with Crippen LogP contribution < -0.4 is 5.32 Å². The lowest BCUT2D eigenvalue weighted by Gasteiger charge is -2.18. The van der Waals surface area contributed by atoms with Crippen LogP contribution in [0.3, 0.4) is 0 Å². The van der Waals surface area contributed by atoms with Crippen LogP contribution in [0, 0.1) is 5.92 Å². The number of nitrogens with zero attached hydrogens (tertiary/aromatic N) is 1. The zero-order valence-electron chi connectivity index (χ0n) is 15.9. The lowest BCUT2D eigenvalue weighted by molar-refractivity contribution is -0.116. The van der Waals surface area contributed by atoms with Crippen LogP contribution in [0.2, 0.25) is 0 Å². The molecule has 1 unspecified atom stereocenters. The Balaban J connectivity index is 1.46. The average Bonchev–Trinajstić information content (AvgIpc) is 3.38. The van der Waals surface area contributed by atoms with Gasteiger partial charge in [0.15, 0.2) is 0 Å². The van der Waals surface area contributed by atoms with Crippen molar-refractivity contribution in [1.29, 1.82) is 0 Å². The number of anilines is 1. The Morgan fingerprint density at radius 1 is 1.04 bits per heavy atom. The third kappa shape index (κ3) is 4.28. The maximum absolute atomic E-state index is 12.7. The second-order valence-electron chi connectivity index (χ2n) is 7.75. The molecule has 1 N–H and O–H groups in total. The van der Waals surface area contributed by atoms with Crippen molar-refractivity contribution in [1.82, 2.24) is 4.31 Å². The Bertz CT molecular complexity index is 933. The van der Waals surface area contributed by atoms with Gasteiger partial charge >= 0.3 is 0 Å². The molecule has 0 aromatic heterocycles. The molecule has 2 aromatic carbocycles. The Morgan fingerprint density at radius 2 is 1.75 bits per heavy atom. The van der Waals surface area contributed by atoms with E-state index < -0.39 is 10.0 Å². The maximum atomic E-state index is 12.7. The van der Waals surface area contributed by atoms with Crippen LogP contribution in [-0.4, -0.2) is 31.7 Å². The van der Waals surface area contributed by atoms with Gasteiger partial charge in [0, 0.05) is 25.2 Å². The van der Waals surface area contributed by atoms with Crippen molar-refractivity contribution in [2.75, 3.05) is 18.4 Å². The van der Waals surface area contributed by atoms with Gasteiger partial charge < -0.3 is 5.32 Å². The number of sulfonamides is 1. The zero-order chi connectivity index (χ0) is 19.6. The van der Waals surface area contributed by atoms with Gasteiger partial charge in [-0.25, -0.2) is 8.42 Å². The van der Waals surface area contributed by atoms with Crippen molar-refractivity contribution in [3.63, 3.8) is 0 Å². The molecule has 0 radical (unpaired) electrons. The third-order valence-corrected chi connectivity index (χ3v) is 7.54. The highest BCUT2D eigenvalue weighted by Gasteiger charge is 2.33. The van der Waals surface area contributed by atoms with Gasteiger partial charge in [-0.05, 0) is 61.3 Å². The Hall–Kier alpha value is -2.18. The molecule has 148 valence electrons. The van der Waals surface area contributed by atoms with Gasteiger partial charge in [0.1, 0.15) is 0 Å². The molecule has 1 aliphatic carbocycles. The van der Waals surface area contributed by atoms with Crippen LogP contribution in [0.4, 0.5) is 5.69 Å². The summed E-state index contributed by atoms with van der Waals surface area (Å²) in [6.45, 7) is 1.14. The quantitative estimate of drug-likeness (QED) is 0.767. The van der Waals surface area contributed by atoms with Gasteiger partial charge in [-0.1, -0.05) is 36.4 Å². The summed E-state index contributed by atoms with van der Waals surface area (Å²) in [5.74, 6) is 0.712. The standard InChI is InChI=1S/C22H26N2O3S/c25-22(16-21(18-11-12-18)17-7-2-1-3-8-17)23-19-9-6-10-20(15-19)28(26,27)24-13-4-5-14-24/h1-3,6-10,15,18,21H,4-5,11-14,16H2,(H,23,25). The molecule has 5 nitrogen and oxygen atoms in total.